The first-order valence-electron chi connectivity index (χ1n) is 10.0. The van der Waals surface area contributed by atoms with E-state index in [1.807, 2.05) is 0 Å². The number of anilines is 2. The lowest BCUT2D eigenvalue weighted by molar-refractivity contribution is -0.384. The Kier molecular flexibility index (Phi) is 8.34. The van der Waals surface area contributed by atoms with E-state index in [9.17, 15) is 19.7 Å². The van der Waals surface area contributed by atoms with Gasteiger partial charge in [0.2, 0.25) is 5.82 Å². The SMILES string of the molecule is CCOC(=O)[C@H](Cc1ccc(Nc2ncccc2[N+](=O)[O-])cc1)NC(=O)c1c(Cl)cncc1Cl. The minimum absolute atomic E-state index is 0.00383. The number of esters is 1. The molecule has 0 aliphatic rings. The maximum Gasteiger partial charge on any atom is 0.328 e. The van der Waals surface area contributed by atoms with Crippen molar-refractivity contribution in [2.45, 2.75) is 19.4 Å². The molecule has 12 heteroatoms. The molecule has 1 amide bonds. The van der Waals surface area contributed by atoms with E-state index in [4.69, 9.17) is 27.9 Å². The molecule has 1 atom stereocenters. The number of nitrogens with zero attached hydrogens (tertiary/aromatic N) is 3. The standard InChI is InChI=1S/C22H19Cl2N5O5/c1-2-34-22(31)17(28-21(30)19-15(23)11-25-12-16(19)24)10-13-5-7-14(8-6-13)27-20-18(29(32)33)4-3-9-26-20/h3-9,11-12,17H,2,10H2,1H3,(H,26,27)(H,28,30)/t17-/m0/s1. The third-order valence-corrected chi connectivity index (χ3v) is 5.17. The van der Waals surface area contributed by atoms with E-state index >= 15 is 0 Å². The summed E-state index contributed by atoms with van der Waals surface area (Å²) in [5.74, 6) is -1.16. The lowest BCUT2D eigenvalue weighted by atomic mass is 10.0. The molecule has 0 fully saturated rings. The molecule has 0 unspecified atom stereocenters. The third-order valence-electron chi connectivity index (χ3n) is 4.60. The van der Waals surface area contributed by atoms with Crippen LogP contribution >= 0.6 is 23.2 Å². The fourth-order valence-electron chi connectivity index (χ4n) is 3.03. The molecule has 2 heterocycles. The van der Waals surface area contributed by atoms with E-state index in [1.54, 1.807) is 31.2 Å². The second kappa shape index (κ2) is 11.4. The van der Waals surface area contributed by atoms with Crippen LogP contribution in [-0.2, 0) is 16.0 Å². The van der Waals surface area contributed by atoms with Gasteiger partial charge in [-0.2, -0.15) is 0 Å². The maximum absolute atomic E-state index is 12.8. The zero-order valence-electron chi connectivity index (χ0n) is 17.8. The van der Waals surface area contributed by atoms with Crippen LogP contribution in [0.15, 0.2) is 55.0 Å². The number of aromatic nitrogens is 2. The van der Waals surface area contributed by atoms with Crippen LogP contribution < -0.4 is 10.6 Å². The average Bonchev–Trinajstić information content (AvgIpc) is 2.80. The summed E-state index contributed by atoms with van der Waals surface area (Å²) in [6, 6.07) is 8.58. The topological polar surface area (TPSA) is 136 Å². The van der Waals surface area contributed by atoms with Gasteiger partial charge in [-0.3, -0.25) is 19.9 Å². The first kappa shape index (κ1) is 24.9. The van der Waals surface area contributed by atoms with Crippen molar-refractivity contribution in [2.75, 3.05) is 11.9 Å². The van der Waals surface area contributed by atoms with Crippen molar-refractivity contribution in [3.05, 3.63) is 86.3 Å². The van der Waals surface area contributed by atoms with E-state index in [-0.39, 0.29) is 40.1 Å². The normalized spacial score (nSPS) is 11.4. The number of carbonyl (C=O) groups is 2. The van der Waals surface area contributed by atoms with Gasteiger partial charge in [-0.25, -0.2) is 9.78 Å². The largest absolute Gasteiger partial charge is 0.464 e. The van der Waals surface area contributed by atoms with Crippen molar-refractivity contribution in [1.29, 1.82) is 0 Å². The van der Waals surface area contributed by atoms with Crippen LogP contribution in [0.3, 0.4) is 0 Å². The summed E-state index contributed by atoms with van der Waals surface area (Å²) in [5, 5.41) is 16.8. The average molecular weight is 504 g/mol. The molecule has 0 radical (unpaired) electrons. The Labute approximate surface area is 204 Å². The third kappa shape index (κ3) is 6.18. The quantitative estimate of drug-likeness (QED) is 0.250. The highest BCUT2D eigenvalue weighted by Gasteiger charge is 2.25. The number of halogens is 2. The number of nitrogens with one attached hydrogen (secondary N) is 2. The number of nitro groups is 1. The summed E-state index contributed by atoms with van der Waals surface area (Å²) in [6.45, 7) is 1.79. The van der Waals surface area contributed by atoms with Crippen molar-refractivity contribution >= 4 is 52.3 Å². The Morgan fingerprint density at radius 3 is 2.44 bits per heavy atom. The highest BCUT2D eigenvalue weighted by Crippen LogP contribution is 2.25. The monoisotopic (exact) mass is 503 g/mol. The molecule has 176 valence electrons. The minimum Gasteiger partial charge on any atom is -0.464 e. The fraction of sp³-hybridized carbons (Fsp3) is 0.182. The number of hydrogen-bond acceptors (Lipinski definition) is 8. The van der Waals surface area contributed by atoms with Crippen LogP contribution in [0.1, 0.15) is 22.8 Å². The summed E-state index contributed by atoms with van der Waals surface area (Å²) in [5.41, 5.74) is 1.10. The zero-order valence-corrected chi connectivity index (χ0v) is 19.3. The number of hydrogen-bond donors (Lipinski definition) is 2. The van der Waals surface area contributed by atoms with Gasteiger partial charge in [-0.1, -0.05) is 35.3 Å². The van der Waals surface area contributed by atoms with E-state index in [0.717, 1.165) is 0 Å². The molecular formula is C22H19Cl2N5O5. The van der Waals surface area contributed by atoms with Crippen molar-refractivity contribution in [2.24, 2.45) is 0 Å². The van der Waals surface area contributed by atoms with Crippen LogP contribution in [0.4, 0.5) is 17.2 Å². The molecule has 3 aromatic rings. The molecule has 0 aliphatic heterocycles. The lowest BCUT2D eigenvalue weighted by Gasteiger charge is -2.18. The first-order chi connectivity index (χ1) is 16.3. The molecule has 3 rings (SSSR count). The van der Waals surface area contributed by atoms with Crippen molar-refractivity contribution in [3.63, 3.8) is 0 Å². The van der Waals surface area contributed by atoms with E-state index in [1.165, 1.54) is 30.7 Å². The van der Waals surface area contributed by atoms with Crippen LogP contribution in [0, 0.1) is 10.1 Å². The Balaban J connectivity index is 1.76. The summed E-state index contributed by atoms with van der Waals surface area (Å²) in [6.07, 6.45) is 4.12. The molecule has 1 aromatic carbocycles. The van der Waals surface area contributed by atoms with Gasteiger partial charge in [0.15, 0.2) is 0 Å². The fourth-order valence-corrected chi connectivity index (χ4v) is 3.57. The van der Waals surface area contributed by atoms with Gasteiger partial charge in [0.05, 0.1) is 27.1 Å². The van der Waals surface area contributed by atoms with Crippen LogP contribution in [0.2, 0.25) is 10.0 Å². The Hall–Kier alpha value is -3.76. The molecule has 0 saturated carbocycles. The number of benzene rings is 1. The number of carbonyl (C=O) groups excluding carboxylic acids is 2. The van der Waals surface area contributed by atoms with Crippen molar-refractivity contribution in [1.82, 2.24) is 15.3 Å². The van der Waals surface area contributed by atoms with E-state index < -0.39 is 22.8 Å². The van der Waals surface area contributed by atoms with Gasteiger partial charge < -0.3 is 15.4 Å². The number of rotatable bonds is 9. The Morgan fingerprint density at radius 1 is 1.15 bits per heavy atom. The van der Waals surface area contributed by atoms with Gasteiger partial charge in [0.25, 0.3) is 5.91 Å². The predicted molar refractivity (Wildman–Crippen MR) is 126 cm³/mol. The Morgan fingerprint density at radius 2 is 1.82 bits per heavy atom. The lowest BCUT2D eigenvalue weighted by Crippen LogP contribution is -2.43. The molecule has 0 spiro atoms. The highest BCUT2D eigenvalue weighted by molar-refractivity contribution is 6.39. The van der Waals surface area contributed by atoms with Gasteiger partial charge in [-0.05, 0) is 30.7 Å². The molecule has 10 nitrogen and oxygen atoms in total. The molecule has 2 aromatic heterocycles. The van der Waals surface area contributed by atoms with Gasteiger partial charge in [0.1, 0.15) is 6.04 Å². The van der Waals surface area contributed by atoms with Crippen molar-refractivity contribution in [3.8, 4) is 0 Å². The smallest absolute Gasteiger partial charge is 0.328 e. The molecule has 0 bridgehead atoms. The van der Waals surface area contributed by atoms with E-state index in [0.29, 0.717) is 11.3 Å². The molecule has 34 heavy (non-hydrogen) atoms. The van der Waals surface area contributed by atoms with Crippen molar-refractivity contribution < 1.29 is 19.2 Å². The summed E-state index contributed by atoms with van der Waals surface area (Å²) >= 11 is 12.1. The molecule has 2 N–H and O–H groups in total. The predicted octanol–water partition coefficient (Wildman–Crippen LogP) is 4.34. The first-order valence-corrected chi connectivity index (χ1v) is 10.8. The number of pyridine rings is 2. The summed E-state index contributed by atoms with van der Waals surface area (Å²) in [4.78, 5) is 43.7. The number of amides is 1. The van der Waals surface area contributed by atoms with Crippen LogP contribution in [-0.4, -0.2) is 39.4 Å². The molecule has 0 saturated heterocycles. The summed E-state index contributed by atoms with van der Waals surface area (Å²) < 4.78 is 5.10. The van der Waals surface area contributed by atoms with Gasteiger partial charge in [-0.15, -0.1) is 0 Å². The van der Waals surface area contributed by atoms with Crippen LogP contribution in [0.5, 0.6) is 0 Å². The second-order valence-electron chi connectivity index (χ2n) is 6.91. The minimum atomic E-state index is -1.01. The van der Waals surface area contributed by atoms with E-state index in [2.05, 4.69) is 20.6 Å². The van der Waals surface area contributed by atoms with Crippen LogP contribution in [0.25, 0.3) is 0 Å². The zero-order chi connectivity index (χ0) is 24.7. The van der Waals surface area contributed by atoms with Gasteiger partial charge in [0, 0.05) is 36.8 Å². The maximum atomic E-state index is 12.8. The highest BCUT2D eigenvalue weighted by atomic mass is 35.5. The number of ether oxygens (including phenoxy) is 1. The molecular weight excluding hydrogens is 485 g/mol. The Bertz CT molecular complexity index is 1190. The molecule has 0 aliphatic carbocycles. The summed E-state index contributed by atoms with van der Waals surface area (Å²) in [7, 11) is 0. The van der Waals surface area contributed by atoms with Gasteiger partial charge >= 0.3 is 11.7 Å². The second-order valence-corrected chi connectivity index (χ2v) is 7.72.